The number of nitrogens with zero attached hydrogens (tertiary/aromatic N) is 2. The lowest BCUT2D eigenvalue weighted by molar-refractivity contribution is -0.118. The van der Waals surface area contributed by atoms with E-state index in [0.29, 0.717) is 6.54 Å². The van der Waals surface area contributed by atoms with Gasteiger partial charge in [0.25, 0.3) is 0 Å². The van der Waals surface area contributed by atoms with Gasteiger partial charge in [-0.3, -0.25) is 4.79 Å². The molecule has 0 saturated carbocycles. The average Bonchev–Trinajstić information content (AvgIpc) is 2.93. The number of carbonyl (C=O) groups excluding carboxylic acids is 1. The van der Waals surface area contributed by atoms with Gasteiger partial charge in [-0.1, -0.05) is 0 Å². The molecule has 0 spiro atoms. The Bertz CT molecular complexity index is 666. The molecule has 1 aliphatic rings. The van der Waals surface area contributed by atoms with E-state index in [1.807, 2.05) is 18.3 Å². The van der Waals surface area contributed by atoms with Crippen LogP contribution < -0.4 is 5.32 Å². The first kappa shape index (κ1) is 13.8. The summed E-state index contributed by atoms with van der Waals surface area (Å²) in [5, 5.41) is 5.17. The van der Waals surface area contributed by atoms with Crippen molar-refractivity contribution < 1.29 is 4.79 Å². The van der Waals surface area contributed by atoms with Crippen molar-refractivity contribution >= 4 is 39.2 Å². The van der Waals surface area contributed by atoms with Crippen LogP contribution in [0.4, 0.5) is 0 Å². The number of fused-ring (bicyclic) bond motifs is 3. The highest BCUT2D eigenvalue weighted by molar-refractivity contribution is 7.99. The molecule has 0 radical (unpaired) electrons. The van der Waals surface area contributed by atoms with Crippen LogP contribution in [0.25, 0.3) is 10.2 Å². The molecule has 0 aromatic carbocycles. The van der Waals surface area contributed by atoms with E-state index >= 15 is 0 Å². The predicted octanol–water partition coefficient (Wildman–Crippen LogP) is 2.72. The zero-order valence-corrected chi connectivity index (χ0v) is 13.3. The Morgan fingerprint density at radius 3 is 3.05 bits per heavy atom. The van der Waals surface area contributed by atoms with E-state index in [-0.39, 0.29) is 5.91 Å². The molecule has 0 atom stereocenters. The first-order valence-corrected chi connectivity index (χ1v) is 8.61. The number of thioether (sulfide) groups is 1. The zero-order valence-electron chi connectivity index (χ0n) is 11.7. The Labute approximate surface area is 126 Å². The molecule has 0 bridgehead atoms. The maximum Gasteiger partial charge on any atom is 0.216 e. The normalized spacial score (nSPS) is 13.7. The molecule has 6 heteroatoms. The topological polar surface area (TPSA) is 54.9 Å². The van der Waals surface area contributed by atoms with Gasteiger partial charge in [-0.2, -0.15) is 0 Å². The molecule has 0 aliphatic heterocycles. The molecule has 2 heterocycles. The molecule has 0 saturated heterocycles. The second-order valence-electron chi connectivity index (χ2n) is 4.94. The molecule has 0 fully saturated rings. The molecular weight excluding hydrogens is 290 g/mol. The number of aryl methyl sites for hydroxylation is 3. The SMILES string of the molecule is CC(=O)NCCSc1nc(C)nc2sc3c(c12)CCC3. The van der Waals surface area contributed by atoms with Gasteiger partial charge in [-0.15, -0.1) is 23.1 Å². The van der Waals surface area contributed by atoms with Crippen molar-refractivity contribution in [2.24, 2.45) is 0 Å². The molecule has 1 N–H and O–H groups in total. The smallest absolute Gasteiger partial charge is 0.216 e. The largest absolute Gasteiger partial charge is 0.356 e. The summed E-state index contributed by atoms with van der Waals surface area (Å²) in [5.41, 5.74) is 1.46. The second kappa shape index (κ2) is 5.69. The van der Waals surface area contributed by atoms with Crippen molar-refractivity contribution in [1.29, 1.82) is 0 Å². The summed E-state index contributed by atoms with van der Waals surface area (Å²) >= 11 is 3.54. The maximum absolute atomic E-state index is 10.9. The summed E-state index contributed by atoms with van der Waals surface area (Å²) in [7, 11) is 0. The Morgan fingerprint density at radius 2 is 2.25 bits per heavy atom. The second-order valence-corrected chi connectivity index (χ2v) is 7.11. The molecule has 1 amide bonds. The van der Waals surface area contributed by atoms with Crippen molar-refractivity contribution in [2.75, 3.05) is 12.3 Å². The highest BCUT2D eigenvalue weighted by Crippen LogP contribution is 2.40. The number of carbonyl (C=O) groups is 1. The van der Waals surface area contributed by atoms with Crippen LogP contribution in [0.1, 0.15) is 29.6 Å². The molecule has 106 valence electrons. The summed E-state index contributed by atoms with van der Waals surface area (Å²) in [4.78, 5) is 22.7. The van der Waals surface area contributed by atoms with Gasteiger partial charge in [0.05, 0.1) is 0 Å². The quantitative estimate of drug-likeness (QED) is 0.536. The number of thiophene rings is 1. The number of nitrogens with one attached hydrogen (secondary N) is 1. The fourth-order valence-corrected chi connectivity index (χ4v) is 4.87. The minimum Gasteiger partial charge on any atom is -0.356 e. The summed E-state index contributed by atoms with van der Waals surface area (Å²) < 4.78 is 0. The van der Waals surface area contributed by atoms with Crippen LogP contribution in [0.5, 0.6) is 0 Å². The van der Waals surface area contributed by atoms with Crippen LogP contribution in [0.2, 0.25) is 0 Å². The number of aromatic nitrogens is 2. The van der Waals surface area contributed by atoms with Crippen LogP contribution in [0.3, 0.4) is 0 Å². The Morgan fingerprint density at radius 1 is 1.40 bits per heavy atom. The van der Waals surface area contributed by atoms with Gasteiger partial charge in [0.1, 0.15) is 15.7 Å². The summed E-state index contributed by atoms with van der Waals surface area (Å²) in [6.07, 6.45) is 3.59. The van der Waals surface area contributed by atoms with E-state index in [1.54, 1.807) is 18.7 Å². The molecular formula is C14H17N3OS2. The van der Waals surface area contributed by atoms with Gasteiger partial charge < -0.3 is 5.32 Å². The van der Waals surface area contributed by atoms with Crippen LogP contribution in [0.15, 0.2) is 5.03 Å². The van der Waals surface area contributed by atoms with Crippen molar-refractivity contribution in [3.8, 4) is 0 Å². The number of amides is 1. The van der Waals surface area contributed by atoms with Gasteiger partial charge in [-0.25, -0.2) is 9.97 Å². The first-order valence-electron chi connectivity index (χ1n) is 6.81. The van der Waals surface area contributed by atoms with Gasteiger partial charge >= 0.3 is 0 Å². The van der Waals surface area contributed by atoms with Crippen molar-refractivity contribution in [2.45, 2.75) is 38.1 Å². The standard InChI is InChI=1S/C14H17N3OS2/c1-8-16-13(19-7-6-15-9(2)18)12-10-4-3-5-11(10)20-14(12)17-8/h3-7H2,1-2H3,(H,15,18). The van der Waals surface area contributed by atoms with Crippen LogP contribution >= 0.6 is 23.1 Å². The van der Waals surface area contributed by atoms with E-state index in [9.17, 15) is 4.79 Å². The number of hydrogen-bond donors (Lipinski definition) is 1. The third-order valence-electron chi connectivity index (χ3n) is 3.36. The van der Waals surface area contributed by atoms with Crippen molar-refractivity contribution in [3.63, 3.8) is 0 Å². The third-order valence-corrected chi connectivity index (χ3v) is 5.52. The van der Waals surface area contributed by atoms with Crippen molar-refractivity contribution in [3.05, 3.63) is 16.3 Å². The van der Waals surface area contributed by atoms with E-state index in [0.717, 1.165) is 27.9 Å². The molecule has 0 unspecified atom stereocenters. The molecule has 2 aromatic heterocycles. The van der Waals surface area contributed by atoms with Crippen LogP contribution in [-0.4, -0.2) is 28.2 Å². The Balaban J connectivity index is 1.87. The lowest BCUT2D eigenvalue weighted by Crippen LogP contribution is -2.22. The monoisotopic (exact) mass is 307 g/mol. The van der Waals surface area contributed by atoms with E-state index in [4.69, 9.17) is 0 Å². The van der Waals surface area contributed by atoms with Crippen LogP contribution in [0, 0.1) is 6.92 Å². The maximum atomic E-state index is 10.9. The molecule has 20 heavy (non-hydrogen) atoms. The molecule has 1 aliphatic carbocycles. The molecule has 4 nitrogen and oxygen atoms in total. The minimum atomic E-state index is 0.0195. The highest BCUT2D eigenvalue weighted by atomic mass is 32.2. The van der Waals surface area contributed by atoms with Gasteiger partial charge in [0.15, 0.2) is 0 Å². The van der Waals surface area contributed by atoms with Gasteiger partial charge in [0, 0.05) is 29.5 Å². The van der Waals surface area contributed by atoms with Gasteiger partial charge in [-0.05, 0) is 31.7 Å². The third kappa shape index (κ3) is 2.67. The zero-order chi connectivity index (χ0) is 14.1. The lowest BCUT2D eigenvalue weighted by Gasteiger charge is -2.06. The van der Waals surface area contributed by atoms with E-state index < -0.39 is 0 Å². The van der Waals surface area contributed by atoms with Gasteiger partial charge in [0.2, 0.25) is 5.91 Å². The first-order chi connectivity index (χ1) is 9.65. The fourth-order valence-electron chi connectivity index (χ4n) is 2.54. The predicted molar refractivity (Wildman–Crippen MR) is 83.6 cm³/mol. The Kier molecular flexibility index (Phi) is 3.94. The van der Waals surface area contributed by atoms with E-state index in [1.165, 1.54) is 28.7 Å². The molecule has 2 aromatic rings. The van der Waals surface area contributed by atoms with E-state index in [2.05, 4.69) is 15.3 Å². The van der Waals surface area contributed by atoms with Crippen LogP contribution in [-0.2, 0) is 17.6 Å². The summed E-state index contributed by atoms with van der Waals surface area (Å²) in [5.74, 6) is 1.70. The molecule has 3 rings (SSSR count). The average molecular weight is 307 g/mol. The summed E-state index contributed by atoms with van der Waals surface area (Å²) in [6, 6.07) is 0. The Hall–Kier alpha value is -1.14. The fraction of sp³-hybridized carbons (Fsp3) is 0.500. The highest BCUT2D eigenvalue weighted by Gasteiger charge is 2.21. The number of hydrogen-bond acceptors (Lipinski definition) is 5. The van der Waals surface area contributed by atoms with Crippen molar-refractivity contribution in [1.82, 2.24) is 15.3 Å². The number of rotatable bonds is 4. The summed E-state index contributed by atoms with van der Waals surface area (Å²) in [6.45, 7) is 4.17. The lowest BCUT2D eigenvalue weighted by atomic mass is 10.2. The minimum absolute atomic E-state index is 0.0195.